The number of alkyl halides is 1. The first-order chi connectivity index (χ1) is 6.13. The number of halogens is 1. The lowest BCUT2D eigenvalue weighted by atomic mass is 10.3. The molecule has 0 bridgehead atoms. The Morgan fingerprint density at radius 3 is 3.00 bits per heavy atom. The molecule has 0 aliphatic heterocycles. The molecule has 1 N–H and O–H groups in total. The summed E-state index contributed by atoms with van der Waals surface area (Å²) >= 11 is 0. The Morgan fingerprint density at radius 1 is 1.85 bits per heavy atom. The summed E-state index contributed by atoms with van der Waals surface area (Å²) in [5.74, 6) is -0.0963. The van der Waals surface area contributed by atoms with Gasteiger partial charge < -0.3 is 5.11 Å². The second-order valence-electron chi connectivity index (χ2n) is 2.82. The lowest BCUT2D eigenvalue weighted by Crippen LogP contribution is -2.18. The number of rotatable bonds is 4. The molecule has 4 nitrogen and oxygen atoms in total. The second-order valence-corrected chi connectivity index (χ2v) is 2.82. The van der Waals surface area contributed by atoms with Crippen LogP contribution in [0, 0.1) is 0 Å². The van der Waals surface area contributed by atoms with Gasteiger partial charge >= 0.3 is 0 Å². The van der Waals surface area contributed by atoms with Gasteiger partial charge in [-0.15, -0.1) is 0 Å². The highest BCUT2D eigenvalue weighted by Gasteiger charge is 2.07. The maximum absolute atomic E-state index is 11.9. The van der Waals surface area contributed by atoms with Crippen molar-refractivity contribution in [2.75, 3.05) is 6.67 Å². The average molecular weight is 186 g/mol. The van der Waals surface area contributed by atoms with Crippen LogP contribution in [0.15, 0.2) is 12.4 Å². The fourth-order valence-corrected chi connectivity index (χ4v) is 0.910. The first-order valence-electron chi connectivity index (χ1n) is 3.91. The van der Waals surface area contributed by atoms with Crippen LogP contribution in [-0.2, 0) is 6.54 Å². The van der Waals surface area contributed by atoms with Gasteiger partial charge in [-0.1, -0.05) is 0 Å². The first kappa shape index (κ1) is 9.85. The highest BCUT2D eigenvalue weighted by Crippen LogP contribution is 2.00. The summed E-state index contributed by atoms with van der Waals surface area (Å²) in [6.45, 7) is 0.686. The minimum absolute atomic E-state index is 0.0732. The van der Waals surface area contributed by atoms with Crippen LogP contribution in [-0.4, -0.2) is 33.4 Å². The quantitative estimate of drug-likeness (QED) is 0.693. The third kappa shape index (κ3) is 2.62. The zero-order valence-electron chi connectivity index (χ0n) is 7.27. The summed E-state index contributed by atoms with van der Waals surface area (Å²) in [5.41, 5.74) is 0.464. The molecule has 0 saturated heterocycles. The highest BCUT2D eigenvalue weighted by atomic mass is 19.1. The number of Topliss-reactive ketones (excluding diaryl/α,β-unsaturated/α-hetero) is 1. The molecule has 1 aromatic heterocycles. The number of aromatic nitrogens is 2. The van der Waals surface area contributed by atoms with E-state index >= 15 is 0 Å². The SMILES string of the molecule is CC(=O)c1cnn(CC(O)CF)c1. The third-order valence-electron chi connectivity index (χ3n) is 1.62. The number of hydrogen-bond acceptors (Lipinski definition) is 3. The fraction of sp³-hybridized carbons (Fsp3) is 0.500. The van der Waals surface area contributed by atoms with Gasteiger partial charge in [0.15, 0.2) is 5.78 Å². The van der Waals surface area contributed by atoms with Crippen molar-refractivity contribution in [3.8, 4) is 0 Å². The summed E-state index contributed by atoms with van der Waals surface area (Å²) in [6.07, 6.45) is 1.83. The molecular weight excluding hydrogens is 175 g/mol. The summed E-state index contributed by atoms with van der Waals surface area (Å²) in [5, 5.41) is 12.7. The molecule has 1 aromatic rings. The molecule has 1 rings (SSSR count). The Hall–Kier alpha value is -1.23. The van der Waals surface area contributed by atoms with Crippen LogP contribution in [0.2, 0.25) is 0 Å². The molecule has 1 unspecified atom stereocenters. The molecule has 13 heavy (non-hydrogen) atoms. The van der Waals surface area contributed by atoms with Crippen molar-refractivity contribution < 1.29 is 14.3 Å². The smallest absolute Gasteiger partial charge is 0.162 e. The standard InChI is InChI=1S/C8H11FN2O2/c1-6(12)7-3-10-11(4-7)5-8(13)2-9/h3-4,8,13H,2,5H2,1H3. The number of nitrogens with zero attached hydrogens (tertiary/aromatic N) is 2. The van der Waals surface area contributed by atoms with Gasteiger partial charge in [-0.2, -0.15) is 5.10 Å². The monoisotopic (exact) mass is 186 g/mol. The van der Waals surface area contributed by atoms with Gasteiger partial charge in [0.1, 0.15) is 12.8 Å². The molecule has 1 atom stereocenters. The maximum Gasteiger partial charge on any atom is 0.162 e. The Balaban J connectivity index is 2.64. The van der Waals surface area contributed by atoms with Crippen molar-refractivity contribution in [3.05, 3.63) is 18.0 Å². The molecule has 5 heteroatoms. The molecule has 0 fully saturated rings. The molecule has 0 aliphatic rings. The van der Waals surface area contributed by atoms with E-state index in [1.54, 1.807) is 0 Å². The largest absolute Gasteiger partial charge is 0.388 e. The summed E-state index contributed by atoms with van der Waals surface area (Å²) in [7, 11) is 0. The van der Waals surface area contributed by atoms with Crippen LogP contribution >= 0.6 is 0 Å². The van der Waals surface area contributed by atoms with Crippen molar-refractivity contribution in [1.82, 2.24) is 9.78 Å². The van der Waals surface area contributed by atoms with Gasteiger partial charge in [0.2, 0.25) is 0 Å². The van der Waals surface area contributed by atoms with Crippen molar-refractivity contribution in [2.24, 2.45) is 0 Å². The van der Waals surface area contributed by atoms with E-state index in [-0.39, 0.29) is 12.3 Å². The maximum atomic E-state index is 11.9. The average Bonchev–Trinajstić information content (AvgIpc) is 2.52. The molecule has 72 valence electrons. The number of ketones is 1. The van der Waals surface area contributed by atoms with Crippen LogP contribution in [0.5, 0.6) is 0 Å². The highest BCUT2D eigenvalue weighted by molar-refractivity contribution is 5.93. The molecular formula is C8H11FN2O2. The Labute approximate surface area is 75.0 Å². The van der Waals surface area contributed by atoms with E-state index in [2.05, 4.69) is 5.10 Å². The van der Waals surface area contributed by atoms with E-state index in [0.29, 0.717) is 5.56 Å². The predicted molar refractivity (Wildman–Crippen MR) is 44.2 cm³/mol. The van der Waals surface area contributed by atoms with Crippen molar-refractivity contribution in [3.63, 3.8) is 0 Å². The van der Waals surface area contributed by atoms with Crippen molar-refractivity contribution in [1.29, 1.82) is 0 Å². The number of hydrogen-bond donors (Lipinski definition) is 1. The van der Waals surface area contributed by atoms with E-state index in [4.69, 9.17) is 5.11 Å². The second kappa shape index (κ2) is 4.13. The van der Waals surface area contributed by atoms with E-state index in [9.17, 15) is 9.18 Å². The molecule has 0 amide bonds. The zero-order chi connectivity index (χ0) is 9.84. The zero-order valence-corrected chi connectivity index (χ0v) is 7.27. The lowest BCUT2D eigenvalue weighted by Gasteiger charge is -2.04. The van der Waals surface area contributed by atoms with E-state index < -0.39 is 12.8 Å². The molecule has 0 aliphatic carbocycles. The van der Waals surface area contributed by atoms with Crippen LogP contribution in [0.4, 0.5) is 4.39 Å². The van der Waals surface area contributed by atoms with Gasteiger partial charge in [0, 0.05) is 6.20 Å². The number of carbonyl (C=O) groups is 1. The van der Waals surface area contributed by atoms with Crippen LogP contribution < -0.4 is 0 Å². The summed E-state index contributed by atoms with van der Waals surface area (Å²) in [6, 6.07) is 0. The normalized spacial score (nSPS) is 12.8. The molecule has 0 aromatic carbocycles. The Bertz CT molecular complexity index is 298. The van der Waals surface area contributed by atoms with Crippen molar-refractivity contribution >= 4 is 5.78 Å². The molecule has 1 heterocycles. The van der Waals surface area contributed by atoms with Gasteiger partial charge in [-0.3, -0.25) is 9.48 Å². The van der Waals surface area contributed by atoms with Gasteiger partial charge in [0.25, 0.3) is 0 Å². The first-order valence-corrected chi connectivity index (χ1v) is 3.91. The topological polar surface area (TPSA) is 55.1 Å². The number of aliphatic hydroxyl groups excluding tert-OH is 1. The number of aliphatic hydroxyl groups is 1. The fourth-order valence-electron chi connectivity index (χ4n) is 0.910. The molecule has 0 radical (unpaired) electrons. The molecule has 0 saturated carbocycles. The number of carbonyl (C=O) groups excluding carboxylic acids is 1. The minimum atomic E-state index is -1.06. The van der Waals surface area contributed by atoms with Crippen molar-refractivity contribution in [2.45, 2.75) is 19.6 Å². The van der Waals surface area contributed by atoms with Crippen LogP contribution in [0.3, 0.4) is 0 Å². The van der Waals surface area contributed by atoms with Crippen LogP contribution in [0.25, 0.3) is 0 Å². The summed E-state index contributed by atoms with van der Waals surface area (Å²) < 4.78 is 13.2. The molecule has 0 spiro atoms. The predicted octanol–water partition coefficient (Wildman–Crippen LogP) is 0.416. The van der Waals surface area contributed by atoms with Gasteiger partial charge in [-0.25, -0.2) is 4.39 Å². The summed E-state index contributed by atoms with van der Waals surface area (Å²) in [4.78, 5) is 10.8. The van der Waals surface area contributed by atoms with E-state index in [0.717, 1.165) is 0 Å². The van der Waals surface area contributed by atoms with E-state index in [1.807, 2.05) is 0 Å². The van der Waals surface area contributed by atoms with Gasteiger partial charge in [0.05, 0.1) is 18.3 Å². The van der Waals surface area contributed by atoms with Gasteiger partial charge in [-0.05, 0) is 6.92 Å². The van der Waals surface area contributed by atoms with Crippen LogP contribution in [0.1, 0.15) is 17.3 Å². The third-order valence-corrected chi connectivity index (χ3v) is 1.62. The van der Waals surface area contributed by atoms with E-state index in [1.165, 1.54) is 24.0 Å². The Morgan fingerprint density at radius 2 is 2.54 bits per heavy atom. The Kier molecular flexibility index (Phi) is 3.13. The lowest BCUT2D eigenvalue weighted by molar-refractivity contribution is 0.101. The minimum Gasteiger partial charge on any atom is -0.388 e.